The van der Waals surface area contributed by atoms with Crippen molar-refractivity contribution in [2.24, 2.45) is 7.05 Å². The number of nitrogens with zero attached hydrogens (tertiary/aromatic N) is 4. The van der Waals surface area contributed by atoms with Crippen LogP contribution in [0.25, 0.3) is 11.6 Å². The number of H-pyrrole nitrogens is 1. The first kappa shape index (κ1) is 15.8. The molecule has 130 valence electrons. The van der Waals surface area contributed by atoms with E-state index in [0.29, 0.717) is 18.1 Å². The average molecular weight is 339 g/mol. The fourth-order valence-electron chi connectivity index (χ4n) is 3.27. The average Bonchev–Trinajstić information content (AvgIpc) is 3.21. The molecule has 3 aromatic heterocycles. The summed E-state index contributed by atoms with van der Waals surface area (Å²) in [4.78, 5) is 26.8. The van der Waals surface area contributed by atoms with Crippen LogP contribution in [0.2, 0.25) is 0 Å². The van der Waals surface area contributed by atoms with E-state index in [1.807, 2.05) is 14.0 Å². The highest BCUT2D eigenvalue weighted by molar-refractivity contribution is 5.47. The third-order valence-electron chi connectivity index (χ3n) is 4.98. The molecule has 1 aliphatic rings. The molecule has 0 aromatic carbocycles. The van der Waals surface area contributed by atoms with Crippen molar-refractivity contribution in [3.8, 4) is 11.6 Å². The Labute approximate surface area is 145 Å². The molecule has 0 atom stereocenters. The molecule has 0 aliphatic carbocycles. The number of aryl methyl sites for hydroxylation is 1. The van der Waals surface area contributed by atoms with Crippen molar-refractivity contribution in [1.82, 2.24) is 24.4 Å². The van der Waals surface area contributed by atoms with Gasteiger partial charge in [0.1, 0.15) is 5.82 Å². The van der Waals surface area contributed by atoms with Gasteiger partial charge in [0.15, 0.2) is 11.6 Å². The fraction of sp³-hybridized carbons (Fsp3) is 0.389. The molecule has 0 unspecified atom stereocenters. The molecule has 0 bridgehead atoms. The number of aromatic nitrogens is 4. The van der Waals surface area contributed by atoms with Crippen LogP contribution in [0.1, 0.15) is 28.5 Å². The number of imidazole rings is 1. The lowest BCUT2D eigenvalue weighted by Crippen LogP contribution is -2.36. The van der Waals surface area contributed by atoms with Gasteiger partial charge in [-0.25, -0.2) is 9.97 Å². The highest BCUT2D eigenvalue weighted by Gasteiger charge is 2.23. The van der Waals surface area contributed by atoms with E-state index in [1.165, 1.54) is 5.69 Å². The maximum Gasteiger partial charge on any atom is 0.256 e. The van der Waals surface area contributed by atoms with E-state index in [9.17, 15) is 4.79 Å². The SMILES string of the molecule is Cc1nc(CN2CCc3nc(-c4ccco4)[nH]c(=O)c3C2)n(C)c1C. The minimum Gasteiger partial charge on any atom is -0.461 e. The molecule has 4 heterocycles. The van der Waals surface area contributed by atoms with Crippen molar-refractivity contribution >= 4 is 0 Å². The van der Waals surface area contributed by atoms with Crippen LogP contribution in [0.15, 0.2) is 27.6 Å². The van der Waals surface area contributed by atoms with E-state index in [-0.39, 0.29) is 5.56 Å². The van der Waals surface area contributed by atoms with Gasteiger partial charge in [0, 0.05) is 32.3 Å². The minimum absolute atomic E-state index is 0.0895. The van der Waals surface area contributed by atoms with Gasteiger partial charge in [-0.3, -0.25) is 9.69 Å². The molecule has 3 aromatic rings. The number of fused-ring (bicyclic) bond motifs is 1. The first-order valence-corrected chi connectivity index (χ1v) is 8.40. The zero-order valence-corrected chi connectivity index (χ0v) is 14.7. The summed E-state index contributed by atoms with van der Waals surface area (Å²) in [7, 11) is 2.03. The molecular formula is C18H21N5O2. The molecule has 0 radical (unpaired) electrons. The maximum atomic E-state index is 12.5. The van der Waals surface area contributed by atoms with E-state index in [4.69, 9.17) is 4.42 Å². The summed E-state index contributed by atoms with van der Waals surface area (Å²) < 4.78 is 7.46. The third kappa shape index (κ3) is 2.80. The highest BCUT2D eigenvalue weighted by atomic mass is 16.3. The number of rotatable bonds is 3. The topological polar surface area (TPSA) is 80.0 Å². The predicted molar refractivity (Wildman–Crippen MR) is 93.1 cm³/mol. The number of hydrogen-bond donors (Lipinski definition) is 1. The monoisotopic (exact) mass is 339 g/mol. The largest absolute Gasteiger partial charge is 0.461 e. The van der Waals surface area contributed by atoms with Crippen LogP contribution < -0.4 is 5.56 Å². The van der Waals surface area contributed by atoms with Crippen LogP contribution in [-0.2, 0) is 26.6 Å². The van der Waals surface area contributed by atoms with Crippen LogP contribution in [0, 0.1) is 13.8 Å². The van der Waals surface area contributed by atoms with Gasteiger partial charge in [0.05, 0.1) is 29.8 Å². The summed E-state index contributed by atoms with van der Waals surface area (Å²) in [5.41, 5.74) is 3.74. The number of aromatic amines is 1. The molecule has 25 heavy (non-hydrogen) atoms. The first-order valence-electron chi connectivity index (χ1n) is 8.40. The van der Waals surface area contributed by atoms with Crippen LogP contribution in [0.5, 0.6) is 0 Å². The maximum absolute atomic E-state index is 12.5. The molecule has 7 nitrogen and oxygen atoms in total. The zero-order valence-electron chi connectivity index (χ0n) is 14.7. The van der Waals surface area contributed by atoms with E-state index < -0.39 is 0 Å². The molecule has 0 fully saturated rings. The summed E-state index contributed by atoms with van der Waals surface area (Å²) in [6, 6.07) is 3.58. The number of nitrogens with one attached hydrogen (secondary N) is 1. The van der Waals surface area contributed by atoms with Gasteiger partial charge in [-0.1, -0.05) is 0 Å². The number of hydrogen-bond acceptors (Lipinski definition) is 5. The van der Waals surface area contributed by atoms with Gasteiger partial charge in [0.25, 0.3) is 5.56 Å². The Kier molecular flexibility index (Phi) is 3.80. The van der Waals surface area contributed by atoms with Crippen molar-refractivity contribution in [3.05, 3.63) is 57.2 Å². The normalized spacial score (nSPS) is 14.7. The lowest BCUT2D eigenvalue weighted by Gasteiger charge is -2.27. The quantitative estimate of drug-likeness (QED) is 0.789. The smallest absolute Gasteiger partial charge is 0.256 e. The Morgan fingerprint density at radius 3 is 2.84 bits per heavy atom. The zero-order chi connectivity index (χ0) is 17.6. The summed E-state index contributed by atoms with van der Waals surface area (Å²) in [5.74, 6) is 2.11. The molecular weight excluding hydrogens is 318 g/mol. The van der Waals surface area contributed by atoms with Crippen molar-refractivity contribution < 1.29 is 4.42 Å². The van der Waals surface area contributed by atoms with Crippen LogP contribution in [0.3, 0.4) is 0 Å². The van der Waals surface area contributed by atoms with E-state index in [0.717, 1.165) is 42.3 Å². The third-order valence-corrected chi connectivity index (χ3v) is 4.98. The van der Waals surface area contributed by atoms with E-state index in [2.05, 4.69) is 31.3 Å². The lowest BCUT2D eigenvalue weighted by molar-refractivity contribution is 0.233. The molecule has 0 spiro atoms. The Bertz CT molecular complexity index is 968. The van der Waals surface area contributed by atoms with Crippen molar-refractivity contribution in [2.45, 2.75) is 33.4 Å². The van der Waals surface area contributed by atoms with Gasteiger partial charge in [-0.05, 0) is 26.0 Å². The highest BCUT2D eigenvalue weighted by Crippen LogP contribution is 2.20. The van der Waals surface area contributed by atoms with Gasteiger partial charge < -0.3 is 14.0 Å². The summed E-state index contributed by atoms with van der Waals surface area (Å²) in [5, 5.41) is 0. The first-order chi connectivity index (χ1) is 12.0. The van der Waals surface area contributed by atoms with Crippen LogP contribution in [-0.4, -0.2) is 31.0 Å². The molecule has 0 amide bonds. The molecule has 7 heteroatoms. The van der Waals surface area contributed by atoms with E-state index in [1.54, 1.807) is 18.4 Å². The summed E-state index contributed by atoms with van der Waals surface area (Å²) in [6.07, 6.45) is 2.32. The summed E-state index contributed by atoms with van der Waals surface area (Å²) >= 11 is 0. The Morgan fingerprint density at radius 1 is 1.32 bits per heavy atom. The fourth-order valence-corrected chi connectivity index (χ4v) is 3.27. The Morgan fingerprint density at radius 2 is 2.16 bits per heavy atom. The second kappa shape index (κ2) is 6.00. The van der Waals surface area contributed by atoms with Crippen molar-refractivity contribution in [1.29, 1.82) is 0 Å². The van der Waals surface area contributed by atoms with Crippen LogP contribution >= 0.6 is 0 Å². The molecule has 4 rings (SSSR count). The molecule has 1 aliphatic heterocycles. The van der Waals surface area contributed by atoms with Gasteiger partial charge in [-0.2, -0.15) is 0 Å². The van der Waals surface area contributed by atoms with Crippen molar-refractivity contribution in [2.75, 3.05) is 6.54 Å². The lowest BCUT2D eigenvalue weighted by atomic mass is 10.1. The Balaban J connectivity index is 1.59. The van der Waals surface area contributed by atoms with Gasteiger partial charge in [-0.15, -0.1) is 0 Å². The Hall–Kier alpha value is -2.67. The standard InChI is InChI=1S/C18H21N5O2/c1-11-12(2)22(3)16(19-11)10-23-7-6-14-13(9-23)18(24)21-17(20-14)15-5-4-8-25-15/h4-5,8H,6-7,9-10H2,1-3H3,(H,20,21,24). The second-order valence-corrected chi connectivity index (χ2v) is 6.54. The van der Waals surface area contributed by atoms with Gasteiger partial charge in [0.2, 0.25) is 0 Å². The van der Waals surface area contributed by atoms with Gasteiger partial charge >= 0.3 is 0 Å². The predicted octanol–water partition coefficient (Wildman–Crippen LogP) is 1.94. The molecule has 0 saturated carbocycles. The van der Waals surface area contributed by atoms with E-state index >= 15 is 0 Å². The van der Waals surface area contributed by atoms with Crippen molar-refractivity contribution in [3.63, 3.8) is 0 Å². The summed E-state index contributed by atoms with van der Waals surface area (Å²) in [6.45, 7) is 6.26. The van der Waals surface area contributed by atoms with Crippen LogP contribution in [0.4, 0.5) is 0 Å². The number of furan rings is 1. The molecule has 0 saturated heterocycles. The molecule has 1 N–H and O–H groups in total. The minimum atomic E-state index is -0.0895. The second-order valence-electron chi connectivity index (χ2n) is 6.54.